The molecule has 0 aliphatic carbocycles. The number of carbonyl (C=O) groups excluding carboxylic acids is 2. The van der Waals surface area contributed by atoms with E-state index < -0.39 is 0 Å². The van der Waals surface area contributed by atoms with Crippen LogP contribution in [0.5, 0.6) is 0 Å². The summed E-state index contributed by atoms with van der Waals surface area (Å²) in [5.41, 5.74) is 5.55. The fraction of sp³-hybridized carbons (Fsp3) is 0.179. The Bertz CT molecular complexity index is 1610. The van der Waals surface area contributed by atoms with E-state index in [1.54, 1.807) is 6.07 Å². The predicted octanol–water partition coefficient (Wildman–Crippen LogP) is 5.46. The Hall–Kier alpha value is -4.02. The predicted molar refractivity (Wildman–Crippen MR) is 152 cm³/mol. The molecular weight excluding hydrogens is 516 g/mol. The second-order valence-corrected chi connectivity index (χ2v) is 10.8. The Morgan fingerprint density at radius 2 is 1.79 bits per heavy atom. The third kappa shape index (κ3) is 5.61. The summed E-state index contributed by atoms with van der Waals surface area (Å²) >= 11 is 2.72. The molecule has 2 amide bonds. The molecular formula is C28H26N6O2S2. The minimum Gasteiger partial charge on any atom is -0.345 e. The molecule has 0 radical (unpaired) electrons. The van der Waals surface area contributed by atoms with Crippen LogP contribution in [0.4, 0.5) is 5.13 Å². The smallest absolute Gasteiger partial charge is 0.251 e. The Kier molecular flexibility index (Phi) is 7.52. The summed E-state index contributed by atoms with van der Waals surface area (Å²) in [6, 6.07) is 21.2. The molecule has 2 heterocycles. The van der Waals surface area contributed by atoms with Crippen LogP contribution in [-0.2, 0) is 11.3 Å². The summed E-state index contributed by atoms with van der Waals surface area (Å²) < 4.78 is 2.93. The summed E-state index contributed by atoms with van der Waals surface area (Å²) in [4.78, 5) is 30.0. The van der Waals surface area contributed by atoms with Crippen LogP contribution in [0.3, 0.4) is 0 Å². The van der Waals surface area contributed by atoms with E-state index in [0.717, 1.165) is 32.6 Å². The van der Waals surface area contributed by atoms with Crippen LogP contribution in [-0.4, -0.2) is 37.3 Å². The summed E-state index contributed by atoms with van der Waals surface area (Å²) in [6.07, 6.45) is 0. The van der Waals surface area contributed by atoms with Gasteiger partial charge < -0.3 is 10.6 Å². The average molecular weight is 543 g/mol. The first kappa shape index (κ1) is 25.6. The number of aromatic nitrogens is 4. The van der Waals surface area contributed by atoms with Gasteiger partial charge in [0, 0.05) is 5.56 Å². The van der Waals surface area contributed by atoms with Crippen molar-refractivity contribution in [2.75, 3.05) is 11.1 Å². The molecule has 0 atom stereocenters. The van der Waals surface area contributed by atoms with E-state index in [9.17, 15) is 9.59 Å². The van der Waals surface area contributed by atoms with Gasteiger partial charge in [0.15, 0.2) is 16.1 Å². The highest BCUT2D eigenvalue weighted by Gasteiger charge is 2.19. The molecule has 0 aliphatic heterocycles. The van der Waals surface area contributed by atoms with Crippen LogP contribution >= 0.6 is 23.1 Å². The Morgan fingerprint density at radius 3 is 2.61 bits per heavy atom. The van der Waals surface area contributed by atoms with Gasteiger partial charge in [0.1, 0.15) is 0 Å². The zero-order valence-electron chi connectivity index (χ0n) is 21.2. The first-order valence-electron chi connectivity index (χ1n) is 12.0. The maximum Gasteiger partial charge on any atom is 0.251 e. The number of anilines is 1. The van der Waals surface area contributed by atoms with Crippen molar-refractivity contribution in [2.24, 2.45) is 0 Å². The molecule has 192 valence electrons. The minimum atomic E-state index is -0.186. The van der Waals surface area contributed by atoms with E-state index in [1.165, 1.54) is 23.1 Å². The molecule has 0 unspecified atom stereocenters. The van der Waals surface area contributed by atoms with Gasteiger partial charge in [-0.3, -0.25) is 14.2 Å². The number of nitrogens with zero attached hydrogens (tertiary/aromatic N) is 4. The molecule has 0 spiro atoms. The molecule has 38 heavy (non-hydrogen) atoms. The first-order chi connectivity index (χ1) is 18.4. The van der Waals surface area contributed by atoms with Crippen LogP contribution in [0.15, 0.2) is 71.9 Å². The number of para-hydroxylation sites is 1. The second-order valence-electron chi connectivity index (χ2n) is 8.83. The number of amides is 2. The van der Waals surface area contributed by atoms with Crippen molar-refractivity contribution in [2.45, 2.75) is 32.5 Å². The van der Waals surface area contributed by atoms with Crippen molar-refractivity contribution in [1.82, 2.24) is 25.1 Å². The molecule has 3 aromatic carbocycles. The minimum absolute atomic E-state index is 0.134. The molecule has 5 rings (SSSR count). The Morgan fingerprint density at radius 1 is 0.974 bits per heavy atom. The molecule has 0 bridgehead atoms. The molecule has 0 saturated carbocycles. The number of carbonyl (C=O) groups is 2. The van der Waals surface area contributed by atoms with Crippen molar-refractivity contribution in [1.29, 1.82) is 0 Å². The van der Waals surface area contributed by atoms with Gasteiger partial charge in [0.2, 0.25) is 5.91 Å². The summed E-state index contributed by atoms with van der Waals surface area (Å²) in [5.74, 6) is 0.343. The zero-order valence-corrected chi connectivity index (χ0v) is 22.8. The number of hydrogen-bond acceptors (Lipinski definition) is 7. The number of thiazole rings is 1. The quantitative estimate of drug-likeness (QED) is 0.252. The van der Waals surface area contributed by atoms with Gasteiger partial charge in [-0.2, -0.15) is 0 Å². The van der Waals surface area contributed by atoms with Gasteiger partial charge in [-0.1, -0.05) is 65.1 Å². The Labute approximate surface area is 228 Å². The lowest BCUT2D eigenvalue weighted by Crippen LogP contribution is -2.25. The molecule has 0 aliphatic rings. The van der Waals surface area contributed by atoms with Gasteiger partial charge >= 0.3 is 0 Å². The van der Waals surface area contributed by atoms with E-state index in [2.05, 4.69) is 25.8 Å². The van der Waals surface area contributed by atoms with Gasteiger partial charge in [-0.25, -0.2) is 4.98 Å². The number of fused-ring (bicyclic) bond motifs is 1. The fourth-order valence-corrected chi connectivity index (χ4v) is 5.63. The lowest BCUT2D eigenvalue weighted by molar-refractivity contribution is -0.113. The third-order valence-electron chi connectivity index (χ3n) is 6.08. The van der Waals surface area contributed by atoms with E-state index in [1.807, 2.05) is 86.0 Å². The van der Waals surface area contributed by atoms with Gasteiger partial charge in [-0.15, -0.1) is 10.2 Å². The van der Waals surface area contributed by atoms with Crippen LogP contribution in [0.1, 0.15) is 32.9 Å². The van der Waals surface area contributed by atoms with Crippen LogP contribution in [0.2, 0.25) is 0 Å². The molecule has 0 saturated heterocycles. The van der Waals surface area contributed by atoms with Crippen molar-refractivity contribution in [3.8, 4) is 5.69 Å². The van der Waals surface area contributed by atoms with Crippen molar-refractivity contribution < 1.29 is 9.59 Å². The SMILES string of the molecule is Cc1cccc(C(=O)NCc2nnc(SCC(=O)Nc3nc4ccccc4s3)n2-c2cccc(C)c2C)c1. The first-order valence-corrected chi connectivity index (χ1v) is 13.8. The number of aryl methyl sites for hydroxylation is 2. The number of rotatable bonds is 8. The lowest BCUT2D eigenvalue weighted by Gasteiger charge is -2.15. The number of hydrogen-bond donors (Lipinski definition) is 2. The molecule has 0 fully saturated rings. The molecule has 8 nitrogen and oxygen atoms in total. The monoisotopic (exact) mass is 542 g/mol. The largest absolute Gasteiger partial charge is 0.345 e. The van der Waals surface area contributed by atoms with Gasteiger partial charge in [0.05, 0.1) is 28.2 Å². The highest BCUT2D eigenvalue weighted by molar-refractivity contribution is 7.99. The summed E-state index contributed by atoms with van der Waals surface area (Å²) in [5, 5.41) is 15.7. The van der Waals surface area contributed by atoms with E-state index in [-0.39, 0.29) is 24.1 Å². The number of thioether (sulfide) groups is 1. The highest BCUT2D eigenvalue weighted by atomic mass is 32.2. The summed E-state index contributed by atoms with van der Waals surface area (Å²) in [7, 11) is 0. The topological polar surface area (TPSA) is 102 Å². The van der Waals surface area contributed by atoms with E-state index in [4.69, 9.17) is 0 Å². The van der Waals surface area contributed by atoms with E-state index >= 15 is 0 Å². The van der Waals surface area contributed by atoms with Crippen LogP contribution in [0.25, 0.3) is 15.9 Å². The average Bonchev–Trinajstić information content (AvgIpc) is 3.50. The normalized spacial score (nSPS) is 11.0. The van der Waals surface area contributed by atoms with Gasteiger partial charge in [-0.05, 0) is 62.2 Å². The second kappa shape index (κ2) is 11.2. The molecule has 2 N–H and O–H groups in total. The lowest BCUT2D eigenvalue weighted by atomic mass is 10.1. The Balaban J connectivity index is 1.35. The third-order valence-corrected chi connectivity index (χ3v) is 7.96. The van der Waals surface area contributed by atoms with Crippen LogP contribution < -0.4 is 10.6 Å². The number of nitrogens with one attached hydrogen (secondary N) is 2. The maximum absolute atomic E-state index is 12.8. The van der Waals surface area contributed by atoms with Crippen molar-refractivity contribution in [3.05, 3.63) is 94.8 Å². The highest BCUT2D eigenvalue weighted by Crippen LogP contribution is 2.28. The van der Waals surface area contributed by atoms with Gasteiger partial charge in [0.25, 0.3) is 5.91 Å². The molecule has 10 heteroatoms. The van der Waals surface area contributed by atoms with Crippen molar-refractivity contribution in [3.63, 3.8) is 0 Å². The standard InChI is InChI=1S/C28H26N6O2S2/c1-17-8-6-10-20(14-17)26(36)29-15-24-32-33-28(34(24)22-12-7-9-18(2)19(22)3)37-16-25(35)31-27-30-21-11-4-5-13-23(21)38-27/h4-14H,15-16H2,1-3H3,(H,29,36)(H,30,31,35). The summed E-state index contributed by atoms with van der Waals surface area (Å²) in [6.45, 7) is 6.21. The zero-order chi connectivity index (χ0) is 26.6. The maximum atomic E-state index is 12.8. The van der Waals surface area contributed by atoms with Crippen molar-refractivity contribution >= 4 is 50.3 Å². The van der Waals surface area contributed by atoms with E-state index in [0.29, 0.717) is 21.7 Å². The van der Waals surface area contributed by atoms with Crippen LogP contribution in [0, 0.1) is 20.8 Å². The molecule has 5 aromatic rings. The fourth-order valence-electron chi connectivity index (χ4n) is 3.99. The number of benzene rings is 3. The molecule has 2 aromatic heterocycles.